The average Bonchev–Trinajstić information content (AvgIpc) is 2.90. The Morgan fingerprint density at radius 2 is 1.00 bits per heavy atom. The second kappa shape index (κ2) is 8.97. The number of nitrogens with zero attached hydrogens (tertiary/aromatic N) is 4. The molecule has 0 spiro atoms. The number of benzene rings is 4. The first-order valence-electron chi connectivity index (χ1n) is 10.8. The average molecular weight is 427 g/mol. The van der Waals surface area contributed by atoms with Gasteiger partial charge in [-0.2, -0.15) is 0 Å². The maximum atomic E-state index is 4.83. The third-order valence-corrected chi connectivity index (χ3v) is 5.53. The van der Waals surface area contributed by atoms with Crippen LogP contribution in [0.15, 0.2) is 108 Å². The van der Waals surface area contributed by atoms with Crippen molar-refractivity contribution in [2.45, 2.75) is 6.92 Å². The van der Waals surface area contributed by atoms with Crippen molar-refractivity contribution in [3.63, 3.8) is 0 Å². The number of rotatable bonds is 5. The van der Waals surface area contributed by atoms with Gasteiger partial charge in [0.05, 0.1) is 5.69 Å². The van der Waals surface area contributed by atoms with Crippen LogP contribution in [0.4, 0.5) is 5.69 Å². The number of aromatic nitrogens is 3. The number of aliphatic imine (C=N–C) groups is 1. The van der Waals surface area contributed by atoms with Crippen LogP contribution in [0.2, 0.25) is 0 Å². The highest BCUT2D eigenvalue weighted by atomic mass is 15.0. The molecule has 0 fully saturated rings. The quantitative estimate of drug-likeness (QED) is 0.280. The Morgan fingerprint density at radius 1 is 0.515 bits per heavy atom. The van der Waals surface area contributed by atoms with Crippen molar-refractivity contribution < 1.29 is 0 Å². The summed E-state index contributed by atoms with van der Waals surface area (Å²) in [7, 11) is 0. The molecule has 0 aliphatic carbocycles. The summed E-state index contributed by atoms with van der Waals surface area (Å²) < 4.78 is 0. The molecular weight excluding hydrogens is 404 g/mol. The molecule has 0 saturated heterocycles. The summed E-state index contributed by atoms with van der Waals surface area (Å²) in [5.74, 6) is 1.94. The van der Waals surface area contributed by atoms with Crippen LogP contribution in [0.1, 0.15) is 5.56 Å². The first-order valence-corrected chi connectivity index (χ1v) is 10.8. The molecule has 33 heavy (non-hydrogen) atoms. The van der Waals surface area contributed by atoms with Crippen molar-refractivity contribution in [1.82, 2.24) is 15.0 Å². The smallest absolute Gasteiger partial charge is 0.164 e. The van der Waals surface area contributed by atoms with E-state index in [1.54, 1.807) is 0 Å². The van der Waals surface area contributed by atoms with E-state index in [0.717, 1.165) is 39.1 Å². The molecule has 5 aromatic rings. The van der Waals surface area contributed by atoms with E-state index in [4.69, 9.17) is 15.0 Å². The van der Waals surface area contributed by atoms with Crippen LogP contribution >= 0.6 is 0 Å². The Balaban J connectivity index is 1.65. The lowest BCUT2D eigenvalue weighted by Gasteiger charge is -2.10. The maximum Gasteiger partial charge on any atom is 0.164 e. The van der Waals surface area contributed by atoms with E-state index in [9.17, 15) is 0 Å². The fraction of sp³-hybridized carbons (Fsp3) is 0.0345. The number of aryl methyl sites for hydroxylation is 1. The first kappa shape index (κ1) is 20.5. The van der Waals surface area contributed by atoms with Gasteiger partial charge in [-0.25, -0.2) is 15.0 Å². The Bertz CT molecular complexity index is 1370. The van der Waals surface area contributed by atoms with Crippen LogP contribution in [-0.2, 0) is 0 Å². The molecule has 0 bridgehead atoms. The van der Waals surface area contributed by atoms with E-state index in [-0.39, 0.29) is 0 Å². The van der Waals surface area contributed by atoms with E-state index in [1.807, 2.05) is 79.7 Å². The Hall–Kier alpha value is -4.44. The second-order valence-corrected chi connectivity index (χ2v) is 7.78. The molecule has 0 aliphatic rings. The van der Waals surface area contributed by atoms with Crippen molar-refractivity contribution in [2.24, 2.45) is 4.99 Å². The molecule has 0 radical (unpaired) electrons. The van der Waals surface area contributed by atoms with Gasteiger partial charge >= 0.3 is 0 Å². The summed E-state index contributed by atoms with van der Waals surface area (Å²) in [4.78, 5) is 18.6. The van der Waals surface area contributed by atoms with Gasteiger partial charge < -0.3 is 0 Å². The van der Waals surface area contributed by atoms with Gasteiger partial charge in [0, 0.05) is 16.7 Å². The van der Waals surface area contributed by atoms with Crippen LogP contribution < -0.4 is 0 Å². The lowest BCUT2D eigenvalue weighted by molar-refractivity contribution is 1.07. The molecule has 1 aromatic heterocycles. The summed E-state index contributed by atoms with van der Waals surface area (Å²) >= 11 is 0. The Labute approximate surface area is 193 Å². The first-order chi connectivity index (χ1) is 16.2. The summed E-state index contributed by atoms with van der Waals surface area (Å²) in [6.07, 6.45) is 0. The van der Waals surface area contributed by atoms with Gasteiger partial charge in [0.2, 0.25) is 0 Å². The van der Waals surface area contributed by atoms with E-state index in [2.05, 4.69) is 42.0 Å². The zero-order valence-electron chi connectivity index (χ0n) is 18.3. The minimum Gasteiger partial charge on any atom is -0.264 e. The molecule has 0 amide bonds. The highest BCUT2D eigenvalue weighted by molar-refractivity contribution is 5.74. The van der Waals surface area contributed by atoms with Crippen molar-refractivity contribution >= 4 is 12.4 Å². The van der Waals surface area contributed by atoms with Crippen LogP contribution in [0.5, 0.6) is 0 Å². The third-order valence-electron chi connectivity index (χ3n) is 5.53. The molecule has 4 heteroatoms. The van der Waals surface area contributed by atoms with Crippen LogP contribution in [0.25, 0.3) is 45.3 Å². The number of hydrogen-bond donors (Lipinski definition) is 0. The van der Waals surface area contributed by atoms with Gasteiger partial charge in [0.1, 0.15) is 0 Å². The Morgan fingerprint density at radius 3 is 1.58 bits per heavy atom. The molecule has 0 saturated carbocycles. The summed E-state index contributed by atoms with van der Waals surface area (Å²) in [6.45, 7) is 5.72. The SMILES string of the molecule is C=Nc1cc(-c2cccc(-c3nc(-c4ccccc4)nc(-c4ccccc4)n3)c2)ccc1C. The third kappa shape index (κ3) is 4.32. The van der Waals surface area contributed by atoms with Crippen molar-refractivity contribution in [1.29, 1.82) is 0 Å². The van der Waals surface area contributed by atoms with Gasteiger partial charge in [-0.1, -0.05) is 91.0 Å². The molecule has 0 aliphatic heterocycles. The van der Waals surface area contributed by atoms with Crippen molar-refractivity contribution in [3.8, 4) is 45.3 Å². The van der Waals surface area contributed by atoms with E-state index >= 15 is 0 Å². The molecule has 0 atom stereocenters. The minimum absolute atomic E-state index is 0.638. The highest BCUT2D eigenvalue weighted by Gasteiger charge is 2.13. The van der Waals surface area contributed by atoms with Crippen LogP contribution in [-0.4, -0.2) is 21.7 Å². The minimum atomic E-state index is 0.638. The van der Waals surface area contributed by atoms with Gasteiger partial charge in [-0.3, -0.25) is 4.99 Å². The summed E-state index contributed by atoms with van der Waals surface area (Å²) in [5.41, 5.74) is 6.96. The Kier molecular flexibility index (Phi) is 5.56. The largest absolute Gasteiger partial charge is 0.264 e. The summed E-state index contributed by atoms with van der Waals surface area (Å²) in [5, 5.41) is 0. The molecule has 4 aromatic carbocycles. The molecular formula is C29H22N4. The fourth-order valence-electron chi connectivity index (χ4n) is 3.73. The predicted octanol–water partition coefficient (Wildman–Crippen LogP) is 7.18. The van der Waals surface area contributed by atoms with Gasteiger partial charge in [0.25, 0.3) is 0 Å². The zero-order valence-corrected chi connectivity index (χ0v) is 18.3. The zero-order chi connectivity index (χ0) is 22.6. The van der Waals surface area contributed by atoms with Gasteiger partial charge in [0.15, 0.2) is 17.5 Å². The van der Waals surface area contributed by atoms with Crippen molar-refractivity contribution in [2.75, 3.05) is 0 Å². The molecule has 0 N–H and O–H groups in total. The standard InChI is InChI=1S/C29H22N4/c1-20-16-17-24(19-26(20)30-2)23-14-9-15-25(18-23)29-32-27(21-10-5-3-6-11-21)31-28(33-29)22-12-7-4-8-13-22/h3-19H,2H2,1H3. The van der Waals surface area contributed by atoms with Crippen LogP contribution in [0.3, 0.4) is 0 Å². The van der Waals surface area contributed by atoms with Crippen LogP contribution in [0, 0.1) is 6.92 Å². The lowest BCUT2D eigenvalue weighted by Crippen LogP contribution is -2.00. The second-order valence-electron chi connectivity index (χ2n) is 7.78. The molecule has 0 unspecified atom stereocenters. The topological polar surface area (TPSA) is 51.0 Å². The molecule has 5 rings (SSSR count). The predicted molar refractivity (Wildman–Crippen MR) is 136 cm³/mol. The highest BCUT2D eigenvalue weighted by Crippen LogP contribution is 2.30. The van der Waals surface area contributed by atoms with E-state index in [1.165, 1.54) is 0 Å². The monoisotopic (exact) mass is 426 g/mol. The van der Waals surface area contributed by atoms with E-state index in [0.29, 0.717) is 17.5 Å². The molecule has 4 nitrogen and oxygen atoms in total. The molecule has 1 heterocycles. The lowest BCUT2D eigenvalue weighted by atomic mass is 10.0. The number of hydrogen-bond acceptors (Lipinski definition) is 4. The summed E-state index contributed by atoms with van der Waals surface area (Å²) in [6, 6.07) is 34.5. The maximum absolute atomic E-state index is 4.83. The normalized spacial score (nSPS) is 10.7. The van der Waals surface area contributed by atoms with Crippen molar-refractivity contribution in [3.05, 3.63) is 109 Å². The van der Waals surface area contributed by atoms with Gasteiger partial charge in [-0.15, -0.1) is 0 Å². The van der Waals surface area contributed by atoms with E-state index < -0.39 is 0 Å². The fourth-order valence-corrected chi connectivity index (χ4v) is 3.73. The van der Waals surface area contributed by atoms with Gasteiger partial charge in [-0.05, 0) is 42.5 Å². The molecule has 158 valence electrons.